The molecule has 0 fully saturated rings. The van der Waals surface area contributed by atoms with Gasteiger partial charge in [-0.3, -0.25) is 4.79 Å². The van der Waals surface area contributed by atoms with E-state index < -0.39 is 0 Å². The molecule has 0 saturated carbocycles. The maximum Gasteiger partial charge on any atom is 0.218 e. The first-order chi connectivity index (χ1) is 6.79. The van der Waals surface area contributed by atoms with E-state index in [1.165, 1.54) is 0 Å². The van der Waals surface area contributed by atoms with Crippen molar-refractivity contribution in [2.24, 2.45) is 0 Å². The zero-order chi connectivity index (χ0) is 11.6. The molecule has 1 aromatic rings. The number of ether oxygens (including phenoxy) is 1. The molecule has 0 aromatic carbocycles. The van der Waals surface area contributed by atoms with Crippen molar-refractivity contribution in [3.8, 4) is 0 Å². The molecule has 5 heteroatoms. The third kappa shape index (κ3) is 3.68. The summed E-state index contributed by atoms with van der Waals surface area (Å²) < 4.78 is 7.72. The van der Waals surface area contributed by atoms with Crippen LogP contribution in [0.25, 0.3) is 0 Å². The van der Waals surface area contributed by atoms with Crippen LogP contribution in [0.4, 0.5) is 5.69 Å². The standard InChI is InChI=1S/C10H15BrN2O2/c1-10(2,3)15-6-13-4-7(11)9(14)8(12)5-13/h4-5H,6,12H2,1-3H3. The molecule has 15 heavy (non-hydrogen) atoms. The Morgan fingerprint density at radius 2 is 2.07 bits per heavy atom. The highest BCUT2D eigenvalue weighted by molar-refractivity contribution is 9.10. The van der Waals surface area contributed by atoms with Gasteiger partial charge < -0.3 is 15.0 Å². The van der Waals surface area contributed by atoms with Crippen LogP contribution in [0.5, 0.6) is 0 Å². The number of hydrogen-bond donors (Lipinski definition) is 1. The Morgan fingerprint density at radius 1 is 1.47 bits per heavy atom. The Bertz CT molecular complexity index is 381. The number of hydrogen-bond acceptors (Lipinski definition) is 3. The van der Waals surface area contributed by atoms with Crippen molar-refractivity contribution in [1.29, 1.82) is 0 Å². The number of anilines is 1. The van der Waals surface area contributed by atoms with Crippen LogP contribution in [0.15, 0.2) is 21.7 Å². The second kappa shape index (κ2) is 4.37. The molecule has 2 N–H and O–H groups in total. The SMILES string of the molecule is CC(C)(C)OCn1cc(N)c(=O)c(Br)c1. The van der Waals surface area contributed by atoms with Gasteiger partial charge in [0.05, 0.1) is 15.8 Å². The molecule has 0 amide bonds. The second-order valence-corrected chi connectivity index (χ2v) is 5.14. The smallest absolute Gasteiger partial charge is 0.218 e. The van der Waals surface area contributed by atoms with Crippen molar-refractivity contribution < 1.29 is 4.74 Å². The Labute approximate surface area is 97.2 Å². The molecule has 0 saturated heterocycles. The Kier molecular flexibility index (Phi) is 3.57. The van der Waals surface area contributed by atoms with Crippen LogP contribution in [0.3, 0.4) is 0 Å². The lowest BCUT2D eigenvalue weighted by Gasteiger charge is -2.20. The average molecular weight is 275 g/mol. The molecule has 0 aliphatic rings. The first-order valence-corrected chi connectivity index (χ1v) is 5.38. The molecule has 4 nitrogen and oxygen atoms in total. The van der Waals surface area contributed by atoms with Gasteiger partial charge >= 0.3 is 0 Å². The maximum absolute atomic E-state index is 11.3. The minimum absolute atomic E-state index is 0.193. The third-order valence-corrected chi connectivity index (χ3v) is 2.27. The molecular formula is C10H15BrN2O2. The molecule has 0 aliphatic carbocycles. The summed E-state index contributed by atoms with van der Waals surface area (Å²) >= 11 is 3.15. The average Bonchev–Trinajstić information content (AvgIpc) is 2.09. The topological polar surface area (TPSA) is 57.2 Å². The highest BCUT2D eigenvalue weighted by Gasteiger charge is 2.10. The minimum Gasteiger partial charge on any atom is -0.394 e. The number of halogens is 1. The predicted octanol–water partition coefficient (Wildman–Crippen LogP) is 1.97. The van der Waals surface area contributed by atoms with Crippen LogP contribution >= 0.6 is 15.9 Å². The summed E-state index contributed by atoms with van der Waals surface area (Å²) in [6.45, 7) is 6.27. The Hall–Kier alpha value is -0.810. The Balaban J connectivity index is 2.84. The van der Waals surface area contributed by atoms with Gasteiger partial charge in [0, 0.05) is 12.4 Å². The molecular weight excluding hydrogens is 260 g/mol. The fourth-order valence-electron chi connectivity index (χ4n) is 0.959. The van der Waals surface area contributed by atoms with E-state index in [0.717, 1.165) is 0 Å². The van der Waals surface area contributed by atoms with Crippen molar-refractivity contribution in [2.45, 2.75) is 33.1 Å². The first kappa shape index (κ1) is 12.3. The van der Waals surface area contributed by atoms with Crippen LogP contribution in [-0.4, -0.2) is 10.2 Å². The van der Waals surface area contributed by atoms with Crippen molar-refractivity contribution in [2.75, 3.05) is 5.73 Å². The number of nitrogens with two attached hydrogens (primary N) is 1. The largest absolute Gasteiger partial charge is 0.394 e. The number of rotatable bonds is 2. The van der Waals surface area contributed by atoms with E-state index in [9.17, 15) is 4.79 Å². The van der Waals surface area contributed by atoms with E-state index >= 15 is 0 Å². The molecule has 0 unspecified atom stereocenters. The van der Waals surface area contributed by atoms with Crippen LogP contribution in [-0.2, 0) is 11.5 Å². The molecule has 0 atom stereocenters. The first-order valence-electron chi connectivity index (χ1n) is 4.58. The lowest BCUT2D eigenvalue weighted by Crippen LogP contribution is -2.22. The minimum atomic E-state index is -0.218. The van der Waals surface area contributed by atoms with E-state index in [1.807, 2.05) is 20.8 Å². The van der Waals surface area contributed by atoms with Gasteiger partial charge in [-0.25, -0.2) is 0 Å². The lowest BCUT2D eigenvalue weighted by atomic mass is 10.2. The van der Waals surface area contributed by atoms with Gasteiger partial charge in [0.1, 0.15) is 6.73 Å². The fourth-order valence-corrected chi connectivity index (χ4v) is 1.45. The maximum atomic E-state index is 11.3. The third-order valence-electron chi connectivity index (χ3n) is 1.71. The fraction of sp³-hybridized carbons (Fsp3) is 0.500. The number of nitrogen functional groups attached to an aromatic ring is 1. The van der Waals surface area contributed by atoms with Crippen molar-refractivity contribution in [1.82, 2.24) is 4.57 Å². The van der Waals surface area contributed by atoms with Gasteiger partial charge in [-0.1, -0.05) is 0 Å². The van der Waals surface area contributed by atoms with Crippen molar-refractivity contribution in [3.63, 3.8) is 0 Å². The van der Waals surface area contributed by atoms with E-state index in [-0.39, 0.29) is 16.7 Å². The number of pyridine rings is 1. The summed E-state index contributed by atoms with van der Waals surface area (Å²) in [6.07, 6.45) is 3.23. The highest BCUT2D eigenvalue weighted by atomic mass is 79.9. The van der Waals surface area contributed by atoms with Crippen LogP contribution in [0.2, 0.25) is 0 Å². The van der Waals surface area contributed by atoms with Gasteiger partial charge in [0.15, 0.2) is 0 Å². The summed E-state index contributed by atoms with van der Waals surface area (Å²) in [7, 11) is 0. The zero-order valence-corrected chi connectivity index (χ0v) is 10.7. The summed E-state index contributed by atoms with van der Waals surface area (Å²) in [5, 5.41) is 0. The van der Waals surface area contributed by atoms with Crippen molar-refractivity contribution >= 4 is 21.6 Å². The Morgan fingerprint density at radius 3 is 2.53 bits per heavy atom. The molecule has 0 spiro atoms. The van der Waals surface area contributed by atoms with Crippen LogP contribution < -0.4 is 11.2 Å². The van der Waals surface area contributed by atoms with E-state index in [4.69, 9.17) is 10.5 Å². The van der Waals surface area contributed by atoms with Gasteiger partial charge in [-0.2, -0.15) is 0 Å². The van der Waals surface area contributed by atoms with E-state index in [2.05, 4.69) is 15.9 Å². The molecule has 1 aromatic heterocycles. The molecule has 0 bridgehead atoms. The van der Waals surface area contributed by atoms with Crippen molar-refractivity contribution in [3.05, 3.63) is 27.1 Å². The molecule has 0 radical (unpaired) electrons. The van der Waals surface area contributed by atoms with Gasteiger partial charge in [0.25, 0.3) is 0 Å². The van der Waals surface area contributed by atoms with Gasteiger partial charge in [0.2, 0.25) is 5.43 Å². The number of aromatic nitrogens is 1. The summed E-state index contributed by atoms with van der Waals surface area (Å²) in [5.41, 5.74) is 5.34. The summed E-state index contributed by atoms with van der Waals surface area (Å²) in [4.78, 5) is 11.3. The molecule has 1 heterocycles. The van der Waals surface area contributed by atoms with Crippen LogP contribution in [0, 0.1) is 0 Å². The summed E-state index contributed by atoms with van der Waals surface area (Å²) in [6, 6.07) is 0. The summed E-state index contributed by atoms with van der Waals surface area (Å²) in [5.74, 6) is 0. The highest BCUT2D eigenvalue weighted by Crippen LogP contribution is 2.10. The molecule has 1 rings (SSSR count). The van der Waals surface area contributed by atoms with Crippen LogP contribution in [0.1, 0.15) is 20.8 Å². The zero-order valence-electron chi connectivity index (χ0n) is 9.08. The van der Waals surface area contributed by atoms with E-state index in [1.54, 1.807) is 17.0 Å². The quantitative estimate of drug-likeness (QED) is 0.897. The predicted molar refractivity (Wildman–Crippen MR) is 63.7 cm³/mol. The molecule has 84 valence electrons. The normalized spacial score (nSPS) is 11.7. The monoisotopic (exact) mass is 274 g/mol. The van der Waals surface area contributed by atoms with E-state index in [0.29, 0.717) is 11.2 Å². The second-order valence-electron chi connectivity index (χ2n) is 4.29. The van der Waals surface area contributed by atoms with Gasteiger partial charge in [-0.15, -0.1) is 0 Å². The lowest BCUT2D eigenvalue weighted by molar-refractivity contribution is -0.0434. The molecule has 0 aliphatic heterocycles. The number of nitrogens with zero attached hydrogens (tertiary/aromatic N) is 1. The van der Waals surface area contributed by atoms with Gasteiger partial charge in [-0.05, 0) is 36.7 Å².